The molecule has 1 fully saturated rings. The first-order chi connectivity index (χ1) is 10.4. The second kappa shape index (κ2) is 5.88. The van der Waals surface area contributed by atoms with E-state index in [1.54, 1.807) is 17.0 Å². The van der Waals surface area contributed by atoms with Crippen molar-refractivity contribution in [2.24, 2.45) is 7.05 Å². The highest BCUT2D eigenvalue weighted by Crippen LogP contribution is 2.34. The lowest BCUT2D eigenvalue weighted by atomic mass is 10.3. The van der Waals surface area contributed by atoms with E-state index in [4.69, 9.17) is 12.2 Å². The van der Waals surface area contributed by atoms with Crippen LogP contribution in [0, 0.1) is 6.92 Å². The number of nitrogens with zero attached hydrogens (tertiary/aromatic N) is 3. The Bertz CT molecular complexity index is 805. The van der Waals surface area contributed by atoms with E-state index in [2.05, 4.69) is 42.3 Å². The summed E-state index contributed by atoms with van der Waals surface area (Å²) >= 11 is 13.7. The van der Waals surface area contributed by atoms with E-state index in [1.807, 2.05) is 20.0 Å². The van der Waals surface area contributed by atoms with Crippen LogP contribution in [-0.2, 0) is 11.8 Å². The summed E-state index contributed by atoms with van der Waals surface area (Å²) in [5, 5.41) is 7.59. The summed E-state index contributed by atoms with van der Waals surface area (Å²) in [4.78, 5) is 15.0. The number of aromatic nitrogens is 2. The van der Waals surface area contributed by atoms with Crippen LogP contribution in [0.2, 0.25) is 0 Å². The van der Waals surface area contributed by atoms with Crippen LogP contribution in [0.15, 0.2) is 26.2 Å². The lowest BCUT2D eigenvalue weighted by Crippen LogP contribution is -2.30. The Morgan fingerprint density at radius 3 is 2.73 bits per heavy atom. The zero-order valence-corrected chi connectivity index (χ0v) is 16.4. The fourth-order valence-electron chi connectivity index (χ4n) is 2.14. The lowest BCUT2D eigenvalue weighted by molar-refractivity contribution is -0.113. The number of carbonyl (C=O) groups is 1. The number of halogens is 2. The van der Waals surface area contributed by atoms with Gasteiger partial charge < -0.3 is 5.32 Å². The van der Waals surface area contributed by atoms with Crippen molar-refractivity contribution in [2.75, 3.05) is 4.90 Å². The Morgan fingerprint density at radius 1 is 1.45 bits per heavy atom. The van der Waals surface area contributed by atoms with Gasteiger partial charge in [-0.15, -0.1) is 11.3 Å². The van der Waals surface area contributed by atoms with E-state index in [1.165, 1.54) is 16.2 Å². The number of thiocarbonyl (C=S) groups is 1. The van der Waals surface area contributed by atoms with Gasteiger partial charge in [0.25, 0.3) is 5.91 Å². The molecular weight excluding hydrogens is 452 g/mol. The maximum atomic E-state index is 12.6. The molecule has 3 heterocycles. The SMILES string of the molecule is Cc1nn(C)cc1N1C(=O)/C(=C\c2cc(Br)c(Br)s2)NC1=S. The van der Waals surface area contributed by atoms with Crippen LogP contribution >= 0.6 is 55.4 Å². The first kappa shape index (κ1) is 15.9. The Morgan fingerprint density at radius 2 is 2.18 bits per heavy atom. The molecule has 1 amide bonds. The summed E-state index contributed by atoms with van der Waals surface area (Å²) in [6, 6.07) is 1.94. The molecule has 0 saturated carbocycles. The molecule has 0 atom stereocenters. The Labute approximate surface area is 153 Å². The number of anilines is 1. The van der Waals surface area contributed by atoms with E-state index >= 15 is 0 Å². The molecule has 5 nitrogen and oxygen atoms in total. The topological polar surface area (TPSA) is 50.2 Å². The fourth-order valence-corrected chi connectivity index (χ4v) is 4.46. The van der Waals surface area contributed by atoms with E-state index in [9.17, 15) is 4.79 Å². The third kappa shape index (κ3) is 2.78. The molecule has 22 heavy (non-hydrogen) atoms. The normalized spacial score (nSPS) is 16.7. The molecule has 2 aromatic rings. The number of rotatable bonds is 2. The van der Waals surface area contributed by atoms with Gasteiger partial charge in [0.05, 0.1) is 15.2 Å². The first-order valence-electron chi connectivity index (χ1n) is 6.19. The largest absolute Gasteiger partial charge is 0.327 e. The molecule has 1 N–H and O–H groups in total. The van der Waals surface area contributed by atoms with Gasteiger partial charge in [-0.3, -0.25) is 9.48 Å². The minimum absolute atomic E-state index is 0.179. The molecule has 9 heteroatoms. The van der Waals surface area contributed by atoms with Crippen molar-refractivity contribution in [2.45, 2.75) is 6.92 Å². The Hall–Kier alpha value is -1.03. The zero-order chi connectivity index (χ0) is 16.0. The van der Waals surface area contributed by atoms with Crippen molar-refractivity contribution in [3.05, 3.63) is 36.8 Å². The molecule has 1 saturated heterocycles. The number of nitrogens with one attached hydrogen (secondary N) is 1. The quantitative estimate of drug-likeness (QED) is 0.548. The molecule has 114 valence electrons. The Kier molecular flexibility index (Phi) is 4.23. The van der Waals surface area contributed by atoms with Crippen LogP contribution in [0.5, 0.6) is 0 Å². The van der Waals surface area contributed by atoms with Crippen LogP contribution in [0.3, 0.4) is 0 Å². The van der Waals surface area contributed by atoms with Crippen LogP contribution in [0.4, 0.5) is 5.69 Å². The summed E-state index contributed by atoms with van der Waals surface area (Å²) in [7, 11) is 1.81. The molecule has 3 rings (SSSR count). The van der Waals surface area contributed by atoms with Crippen LogP contribution < -0.4 is 10.2 Å². The summed E-state index contributed by atoms with van der Waals surface area (Å²) in [6.45, 7) is 1.85. The average molecular weight is 462 g/mol. The molecule has 0 spiro atoms. The zero-order valence-electron chi connectivity index (χ0n) is 11.6. The van der Waals surface area contributed by atoms with Crippen LogP contribution in [0.25, 0.3) is 6.08 Å². The highest BCUT2D eigenvalue weighted by atomic mass is 79.9. The van der Waals surface area contributed by atoms with Gasteiger partial charge in [-0.05, 0) is 63.1 Å². The van der Waals surface area contributed by atoms with Crippen molar-refractivity contribution >= 4 is 78.2 Å². The first-order valence-corrected chi connectivity index (χ1v) is 9.00. The van der Waals surface area contributed by atoms with Gasteiger partial charge in [-0.2, -0.15) is 5.10 Å². The maximum absolute atomic E-state index is 12.6. The van der Waals surface area contributed by atoms with Gasteiger partial charge in [0.1, 0.15) is 5.70 Å². The standard InChI is InChI=1S/C13H10Br2N4OS2/c1-6-10(5-18(2)17-6)19-12(20)9(16-13(19)21)4-7-3-8(14)11(15)22-7/h3-5H,1-2H3,(H,16,21)/b9-4+. The summed E-state index contributed by atoms with van der Waals surface area (Å²) in [5.41, 5.74) is 1.90. The van der Waals surface area contributed by atoms with Crippen molar-refractivity contribution in [3.63, 3.8) is 0 Å². The molecule has 0 aromatic carbocycles. The second-order valence-electron chi connectivity index (χ2n) is 4.67. The van der Waals surface area contributed by atoms with Gasteiger partial charge in [-0.25, -0.2) is 4.90 Å². The number of hydrogen-bond acceptors (Lipinski definition) is 4. The van der Waals surface area contributed by atoms with E-state index in [0.717, 1.165) is 18.8 Å². The highest BCUT2D eigenvalue weighted by Gasteiger charge is 2.34. The van der Waals surface area contributed by atoms with Crippen LogP contribution in [-0.4, -0.2) is 20.8 Å². The molecule has 0 bridgehead atoms. The third-order valence-electron chi connectivity index (χ3n) is 3.06. The van der Waals surface area contributed by atoms with Gasteiger partial charge in [0.2, 0.25) is 0 Å². The van der Waals surface area contributed by atoms with Crippen molar-refractivity contribution < 1.29 is 4.79 Å². The average Bonchev–Trinajstić information content (AvgIpc) is 3.00. The summed E-state index contributed by atoms with van der Waals surface area (Å²) in [6.07, 6.45) is 3.57. The minimum Gasteiger partial charge on any atom is -0.327 e. The smallest absolute Gasteiger partial charge is 0.281 e. The van der Waals surface area contributed by atoms with Gasteiger partial charge >= 0.3 is 0 Å². The van der Waals surface area contributed by atoms with Gasteiger partial charge in [-0.1, -0.05) is 0 Å². The van der Waals surface area contributed by atoms with Gasteiger partial charge in [0, 0.05) is 22.6 Å². The van der Waals surface area contributed by atoms with Crippen molar-refractivity contribution in [3.8, 4) is 0 Å². The summed E-state index contributed by atoms with van der Waals surface area (Å²) < 4.78 is 3.60. The molecule has 0 unspecified atom stereocenters. The van der Waals surface area contributed by atoms with E-state index in [0.29, 0.717) is 16.5 Å². The van der Waals surface area contributed by atoms with Crippen molar-refractivity contribution in [1.82, 2.24) is 15.1 Å². The van der Waals surface area contributed by atoms with Crippen molar-refractivity contribution in [1.29, 1.82) is 0 Å². The highest BCUT2D eigenvalue weighted by molar-refractivity contribution is 9.13. The fraction of sp³-hybridized carbons (Fsp3) is 0.154. The molecule has 0 aliphatic carbocycles. The molecule has 0 radical (unpaired) electrons. The molecular formula is C13H10Br2N4OS2. The second-order valence-corrected chi connectivity index (χ2v) is 8.32. The van der Waals surface area contributed by atoms with E-state index in [-0.39, 0.29) is 5.91 Å². The maximum Gasteiger partial charge on any atom is 0.281 e. The molecule has 1 aliphatic heterocycles. The molecule has 2 aromatic heterocycles. The number of aryl methyl sites for hydroxylation is 2. The summed E-state index contributed by atoms with van der Waals surface area (Å²) in [5.74, 6) is -0.179. The minimum atomic E-state index is -0.179. The van der Waals surface area contributed by atoms with Crippen LogP contribution in [0.1, 0.15) is 10.6 Å². The van der Waals surface area contributed by atoms with E-state index < -0.39 is 0 Å². The number of thiophene rings is 1. The monoisotopic (exact) mass is 460 g/mol. The predicted molar refractivity (Wildman–Crippen MR) is 98.9 cm³/mol. The van der Waals surface area contributed by atoms with Gasteiger partial charge in [0.15, 0.2) is 5.11 Å². The number of carbonyl (C=O) groups excluding carboxylic acids is 1. The lowest BCUT2D eigenvalue weighted by Gasteiger charge is -2.11. The Balaban J connectivity index is 1.96. The number of amides is 1. The number of hydrogen-bond donors (Lipinski definition) is 1. The molecule has 1 aliphatic rings. The predicted octanol–water partition coefficient (Wildman–Crippen LogP) is 3.58. The third-order valence-corrected chi connectivity index (χ3v) is 6.55.